The minimum atomic E-state index is -0.112. The third-order valence-electron chi connectivity index (χ3n) is 6.46. The maximum Gasteiger partial charge on any atom is 0.134 e. The van der Waals surface area contributed by atoms with Crippen LogP contribution in [0, 0.1) is 24.6 Å². The molecule has 0 radical (unpaired) electrons. The van der Waals surface area contributed by atoms with E-state index in [1.165, 1.54) is 42.4 Å². The minimum Gasteiger partial charge on any atom is -0.206 e. The second-order valence-corrected chi connectivity index (χ2v) is 9.22. The van der Waals surface area contributed by atoms with E-state index in [1.54, 1.807) is 0 Å². The first-order valence-corrected chi connectivity index (χ1v) is 12.5. The molecule has 0 amide bonds. The van der Waals surface area contributed by atoms with E-state index in [0.717, 1.165) is 34.9 Å². The van der Waals surface area contributed by atoms with Gasteiger partial charge in [0, 0.05) is 16.5 Å². The lowest BCUT2D eigenvalue weighted by Crippen LogP contribution is -1.96. The van der Waals surface area contributed by atoms with Crippen molar-refractivity contribution < 1.29 is 4.39 Å². The summed E-state index contributed by atoms with van der Waals surface area (Å²) in [6.45, 7) is 4.32. The van der Waals surface area contributed by atoms with Gasteiger partial charge in [-0.15, -0.1) is 0 Å². The Kier molecular flexibility index (Phi) is 8.16. The van der Waals surface area contributed by atoms with E-state index in [2.05, 4.69) is 74.2 Å². The lowest BCUT2D eigenvalue weighted by atomic mass is 9.98. The van der Waals surface area contributed by atoms with Gasteiger partial charge in [0.15, 0.2) is 0 Å². The summed E-state index contributed by atoms with van der Waals surface area (Å²) >= 11 is 0. The summed E-state index contributed by atoms with van der Waals surface area (Å²) in [4.78, 5) is 0. The van der Waals surface area contributed by atoms with Crippen molar-refractivity contribution in [1.82, 2.24) is 0 Å². The molecule has 0 aliphatic rings. The number of hydrogen-bond donors (Lipinski definition) is 0. The van der Waals surface area contributed by atoms with E-state index >= 15 is 4.39 Å². The summed E-state index contributed by atoms with van der Waals surface area (Å²) in [5.41, 5.74) is 6.54. The van der Waals surface area contributed by atoms with Crippen LogP contribution in [0.3, 0.4) is 0 Å². The van der Waals surface area contributed by atoms with Gasteiger partial charge in [0.05, 0.1) is 0 Å². The summed E-state index contributed by atoms with van der Waals surface area (Å²) in [6, 6.07) is 26.7. The summed E-state index contributed by atoms with van der Waals surface area (Å²) < 4.78 is 15.2. The van der Waals surface area contributed by atoms with Crippen LogP contribution >= 0.6 is 0 Å². The molecule has 0 bridgehead atoms. The second kappa shape index (κ2) is 11.7. The first kappa shape index (κ1) is 23.8. The average Bonchev–Trinajstić information content (AvgIpc) is 2.87. The number of aryl methyl sites for hydroxylation is 4. The van der Waals surface area contributed by atoms with Crippen molar-refractivity contribution in [2.45, 2.75) is 58.8 Å². The topological polar surface area (TPSA) is 0 Å². The molecule has 0 spiro atoms. The summed E-state index contributed by atoms with van der Waals surface area (Å²) in [6.07, 6.45) is 7.80. The largest absolute Gasteiger partial charge is 0.206 e. The van der Waals surface area contributed by atoms with Crippen LogP contribution in [0.4, 0.5) is 4.39 Å². The van der Waals surface area contributed by atoms with E-state index in [9.17, 15) is 0 Å². The predicted octanol–water partition coefficient (Wildman–Crippen LogP) is 8.60. The molecule has 172 valence electrons. The van der Waals surface area contributed by atoms with Gasteiger partial charge in [-0.2, -0.15) is 0 Å². The van der Waals surface area contributed by atoms with Crippen molar-refractivity contribution in [2.75, 3.05) is 0 Å². The van der Waals surface area contributed by atoms with E-state index < -0.39 is 0 Å². The van der Waals surface area contributed by atoms with Gasteiger partial charge in [0.25, 0.3) is 0 Å². The number of rotatable bonds is 8. The maximum absolute atomic E-state index is 15.2. The quantitative estimate of drug-likeness (QED) is 0.187. The molecular formula is C33H33F. The lowest BCUT2D eigenvalue weighted by molar-refractivity contribution is 0.620. The van der Waals surface area contributed by atoms with Crippen molar-refractivity contribution in [1.29, 1.82) is 0 Å². The summed E-state index contributed by atoms with van der Waals surface area (Å²) in [5.74, 6) is 6.39. The molecule has 0 atom stereocenters. The predicted molar refractivity (Wildman–Crippen MR) is 143 cm³/mol. The van der Waals surface area contributed by atoms with Crippen LogP contribution in [0.25, 0.3) is 10.8 Å². The van der Waals surface area contributed by atoms with Crippen molar-refractivity contribution in [3.63, 3.8) is 0 Å². The van der Waals surface area contributed by atoms with Crippen molar-refractivity contribution in [2.24, 2.45) is 0 Å². The Morgan fingerprint density at radius 1 is 0.647 bits per heavy atom. The van der Waals surface area contributed by atoms with Crippen LogP contribution in [0.5, 0.6) is 0 Å². The molecule has 34 heavy (non-hydrogen) atoms. The Bertz CT molecular complexity index is 1280. The molecule has 0 aliphatic carbocycles. The van der Waals surface area contributed by atoms with Gasteiger partial charge in [0.1, 0.15) is 5.82 Å². The summed E-state index contributed by atoms with van der Waals surface area (Å²) in [5, 5.41) is 1.56. The fraction of sp³-hybridized carbons (Fsp3) is 0.273. The molecule has 0 heterocycles. The van der Waals surface area contributed by atoms with Gasteiger partial charge in [-0.3, -0.25) is 0 Å². The lowest BCUT2D eigenvalue weighted by Gasteiger charge is -2.08. The first-order chi connectivity index (χ1) is 16.6. The Balaban J connectivity index is 1.42. The Morgan fingerprint density at radius 2 is 1.32 bits per heavy atom. The fourth-order valence-electron chi connectivity index (χ4n) is 4.30. The van der Waals surface area contributed by atoms with Crippen LogP contribution in [0.15, 0.2) is 78.9 Å². The zero-order valence-electron chi connectivity index (χ0n) is 20.3. The zero-order chi connectivity index (χ0) is 23.8. The molecule has 0 aromatic heterocycles. The molecule has 0 N–H and O–H groups in total. The van der Waals surface area contributed by atoms with Crippen LogP contribution in [-0.4, -0.2) is 0 Å². The van der Waals surface area contributed by atoms with Gasteiger partial charge in [-0.1, -0.05) is 98.2 Å². The van der Waals surface area contributed by atoms with Gasteiger partial charge < -0.3 is 0 Å². The third kappa shape index (κ3) is 6.36. The molecule has 0 aliphatic heterocycles. The van der Waals surface area contributed by atoms with Gasteiger partial charge in [-0.25, -0.2) is 4.39 Å². The molecule has 4 rings (SSSR count). The van der Waals surface area contributed by atoms with Gasteiger partial charge >= 0.3 is 0 Å². The summed E-state index contributed by atoms with van der Waals surface area (Å²) in [7, 11) is 0. The number of hydrogen-bond acceptors (Lipinski definition) is 0. The number of benzene rings is 4. The number of halogens is 1. The number of unbranched alkanes of at least 4 members (excludes halogenated alkanes) is 3. The zero-order valence-corrected chi connectivity index (χ0v) is 20.3. The molecular weight excluding hydrogens is 415 g/mol. The van der Waals surface area contributed by atoms with Crippen molar-refractivity contribution in [3.05, 3.63) is 118 Å². The maximum atomic E-state index is 15.2. The Morgan fingerprint density at radius 3 is 2.09 bits per heavy atom. The highest BCUT2D eigenvalue weighted by Crippen LogP contribution is 2.23. The molecule has 0 fully saturated rings. The monoisotopic (exact) mass is 448 g/mol. The van der Waals surface area contributed by atoms with E-state index in [0.29, 0.717) is 11.8 Å². The smallest absolute Gasteiger partial charge is 0.134 e. The molecule has 0 nitrogen and oxygen atoms in total. The first-order valence-electron chi connectivity index (χ1n) is 12.5. The minimum absolute atomic E-state index is 0.112. The van der Waals surface area contributed by atoms with Gasteiger partial charge in [0.2, 0.25) is 0 Å². The van der Waals surface area contributed by atoms with Crippen LogP contribution in [0.2, 0.25) is 0 Å². The van der Waals surface area contributed by atoms with E-state index in [4.69, 9.17) is 0 Å². The molecule has 0 saturated heterocycles. The second-order valence-electron chi connectivity index (χ2n) is 9.22. The SMILES string of the molecule is CCCCCCc1ccc(C#Cc2ccc3c(F)c(CCc4ccc(C)cc4)ccc3c2)cc1. The van der Waals surface area contributed by atoms with Crippen molar-refractivity contribution >= 4 is 10.8 Å². The normalized spacial score (nSPS) is 10.8. The highest BCUT2D eigenvalue weighted by Gasteiger charge is 2.08. The van der Waals surface area contributed by atoms with Crippen molar-refractivity contribution in [3.8, 4) is 11.8 Å². The highest BCUT2D eigenvalue weighted by molar-refractivity contribution is 5.85. The Labute approximate surface area is 203 Å². The molecule has 4 aromatic carbocycles. The highest BCUT2D eigenvalue weighted by atomic mass is 19.1. The fourth-order valence-corrected chi connectivity index (χ4v) is 4.30. The number of fused-ring (bicyclic) bond motifs is 1. The third-order valence-corrected chi connectivity index (χ3v) is 6.46. The molecule has 4 aromatic rings. The van der Waals surface area contributed by atoms with Crippen LogP contribution in [0.1, 0.15) is 66.0 Å². The molecule has 0 unspecified atom stereocenters. The van der Waals surface area contributed by atoms with E-state index in [-0.39, 0.29) is 5.82 Å². The van der Waals surface area contributed by atoms with Gasteiger partial charge in [-0.05, 0) is 78.9 Å². The van der Waals surface area contributed by atoms with Crippen LogP contribution in [-0.2, 0) is 19.3 Å². The molecule has 1 heteroatoms. The van der Waals surface area contributed by atoms with Crippen LogP contribution < -0.4 is 0 Å². The molecule has 0 saturated carbocycles. The van der Waals surface area contributed by atoms with E-state index in [1.807, 2.05) is 30.3 Å². The Hall–Kier alpha value is -3.37. The average molecular weight is 449 g/mol. The standard InChI is InChI=1S/C33H33F/c1-3-4-5-6-7-26-12-14-28(15-13-26)16-17-29-19-23-32-31(24-29)22-21-30(33(32)34)20-18-27-10-8-25(2)9-11-27/h8-15,19,21-24H,3-7,18,20H2,1-2H3.